The average Bonchev–Trinajstić information content (AvgIpc) is 2.14. The summed E-state index contributed by atoms with van der Waals surface area (Å²) in [6, 6.07) is 0. The van der Waals surface area contributed by atoms with Crippen molar-refractivity contribution in [2.24, 2.45) is 5.73 Å². The number of aliphatic carboxylic acids is 1. The standard InChI is InChI=1S/C5H9N3O2/c1-8-4(6)3(2-7-8)5(9)10/h7H,2,6H2,1H3,(H,9,10). The van der Waals surface area contributed by atoms with Gasteiger partial charge in [0.05, 0.1) is 12.1 Å². The number of carboxylic acids is 1. The lowest BCUT2D eigenvalue weighted by Gasteiger charge is -2.10. The van der Waals surface area contributed by atoms with Crippen LogP contribution in [0, 0.1) is 0 Å². The molecule has 5 nitrogen and oxygen atoms in total. The fourth-order valence-corrected chi connectivity index (χ4v) is 0.761. The molecule has 0 saturated carbocycles. The van der Waals surface area contributed by atoms with Crippen molar-refractivity contribution in [1.29, 1.82) is 0 Å². The van der Waals surface area contributed by atoms with Crippen LogP contribution in [-0.2, 0) is 4.79 Å². The quantitative estimate of drug-likeness (QED) is 0.425. The van der Waals surface area contributed by atoms with Crippen molar-refractivity contribution in [3.63, 3.8) is 0 Å². The minimum absolute atomic E-state index is 0.225. The largest absolute Gasteiger partial charge is 0.478 e. The molecule has 0 saturated heterocycles. The minimum Gasteiger partial charge on any atom is -0.478 e. The maximum atomic E-state index is 10.4. The first-order valence-electron chi connectivity index (χ1n) is 2.82. The molecule has 1 rings (SSSR count). The van der Waals surface area contributed by atoms with E-state index in [1.54, 1.807) is 7.05 Å². The van der Waals surface area contributed by atoms with E-state index < -0.39 is 5.97 Å². The predicted octanol–water partition coefficient (Wildman–Crippen LogP) is -1.31. The van der Waals surface area contributed by atoms with Crippen molar-refractivity contribution in [2.75, 3.05) is 13.6 Å². The van der Waals surface area contributed by atoms with Gasteiger partial charge in [-0.1, -0.05) is 0 Å². The van der Waals surface area contributed by atoms with Gasteiger partial charge in [0.2, 0.25) is 0 Å². The number of carbonyl (C=O) groups is 1. The van der Waals surface area contributed by atoms with Gasteiger partial charge in [-0.15, -0.1) is 0 Å². The van der Waals surface area contributed by atoms with Crippen LogP contribution in [0.2, 0.25) is 0 Å². The number of hydrazine groups is 1. The fraction of sp³-hybridized carbons (Fsp3) is 0.400. The first-order valence-corrected chi connectivity index (χ1v) is 2.82. The Balaban J connectivity index is 2.85. The van der Waals surface area contributed by atoms with E-state index in [9.17, 15) is 4.79 Å². The molecule has 0 aliphatic carbocycles. The molecule has 56 valence electrons. The van der Waals surface area contributed by atoms with Gasteiger partial charge in [0.1, 0.15) is 5.82 Å². The van der Waals surface area contributed by atoms with E-state index >= 15 is 0 Å². The smallest absolute Gasteiger partial charge is 0.336 e. The zero-order valence-electron chi connectivity index (χ0n) is 5.59. The molecular weight excluding hydrogens is 134 g/mol. The third-order valence-corrected chi connectivity index (χ3v) is 1.42. The van der Waals surface area contributed by atoms with Crippen LogP contribution >= 0.6 is 0 Å². The molecule has 4 N–H and O–H groups in total. The summed E-state index contributed by atoms with van der Waals surface area (Å²) >= 11 is 0. The molecule has 0 spiro atoms. The second kappa shape index (κ2) is 2.18. The van der Waals surface area contributed by atoms with Crippen molar-refractivity contribution >= 4 is 5.97 Å². The van der Waals surface area contributed by atoms with Crippen LogP contribution in [0.15, 0.2) is 11.4 Å². The van der Waals surface area contributed by atoms with Gasteiger partial charge in [0.25, 0.3) is 0 Å². The Kier molecular flexibility index (Phi) is 1.50. The van der Waals surface area contributed by atoms with E-state index in [1.807, 2.05) is 0 Å². The fourth-order valence-electron chi connectivity index (χ4n) is 0.761. The number of carboxylic acid groups (broad SMARTS) is 1. The average molecular weight is 143 g/mol. The van der Waals surface area contributed by atoms with Crippen molar-refractivity contribution in [2.45, 2.75) is 0 Å². The van der Waals surface area contributed by atoms with Crippen LogP contribution < -0.4 is 11.2 Å². The van der Waals surface area contributed by atoms with Crippen molar-refractivity contribution in [1.82, 2.24) is 10.4 Å². The highest BCUT2D eigenvalue weighted by atomic mass is 16.4. The molecule has 0 amide bonds. The molecule has 0 radical (unpaired) electrons. The summed E-state index contributed by atoms with van der Waals surface area (Å²) in [5, 5.41) is 9.99. The van der Waals surface area contributed by atoms with Gasteiger partial charge < -0.3 is 10.8 Å². The number of nitrogens with one attached hydrogen (secondary N) is 1. The van der Waals surface area contributed by atoms with Crippen LogP contribution in [-0.4, -0.2) is 29.7 Å². The monoisotopic (exact) mass is 143 g/mol. The highest BCUT2D eigenvalue weighted by Crippen LogP contribution is 2.06. The second-order valence-electron chi connectivity index (χ2n) is 2.06. The minimum atomic E-state index is -0.964. The number of nitrogens with two attached hydrogens (primary N) is 1. The summed E-state index contributed by atoms with van der Waals surface area (Å²) in [5.41, 5.74) is 8.36. The van der Waals surface area contributed by atoms with E-state index in [0.717, 1.165) is 0 Å². The summed E-state index contributed by atoms with van der Waals surface area (Å²) in [6.07, 6.45) is 0. The van der Waals surface area contributed by atoms with Crippen molar-refractivity contribution in [3.05, 3.63) is 11.4 Å². The normalized spacial score (nSPS) is 18.3. The molecule has 1 heterocycles. The summed E-state index contributed by atoms with van der Waals surface area (Å²) in [6.45, 7) is 0.303. The lowest BCUT2D eigenvalue weighted by molar-refractivity contribution is -0.132. The molecule has 0 aromatic rings. The van der Waals surface area contributed by atoms with Crippen molar-refractivity contribution in [3.8, 4) is 0 Å². The van der Waals surface area contributed by atoms with E-state index in [-0.39, 0.29) is 11.4 Å². The third-order valence-electron chi connectivity index (χ3n) is 1.42. The lowest BCUT2D eigenvalue weighted by atomic mass is 10.3. The van der Waals surface area contributed by atoms with Crippen LogP contribution in [0.5, 0.6) is 0 Å². The molecule has 0 unspecified atom stereocenters. The first-order chi connectivity index (χ1) is 4.63. The van der Waals surface area contributed by atoms with Crippen LogP contribution in [0.1, 0.15) is 0 Å². The molecule has 0 fully saturated rings. The second-order valence-corrected chi connectivity index (χ2v) is 2.06. The molecule has 10 heavy (non-hydrogen) atoms. The van der Waals surface area contributed by atoms with E-state index in [0.29, 0.717) is 6.54 Å². The van der Waals surface area contributed by atoms with Gasteiger partial charge in [0, 0.05) is 7.05 Å². The molecular formula is C5H9N3O2. The Labute approximate surface area is 58.1 Å². The van der Waals surface area contributed by atoms with Gasteiger partial charge >= 0.3 is 5.97 Å². The van der Waals surface area contributed by atoms with E-state index in [2.05, 4.69) is 5.43 Å². The number of rotatable bonds is 1. The maximum Gasteiger partial charge on any atom is 0.336 e. The van der Waals surface area contributed by atoms with E-state index in [1.165, 1.54) is 5.01 Å². The first kappa shape index (κ1) is 6.88. The van der Waals surface area contributed by atoms with Gasteiger partial charge in [0.15, 0.2) is 0 Å². The summed E-state index contributed by atoms with van der Waals surface area (Å²) in [5.74, 6) is -0.679. The van der Waals surface area contributed by atoms with Crippen LogP contribution in [0.3, 0.4) is 0 Å². The van der Waals surface area contributed by atoms with Crippen molar-refractivity contribution < 1.29 is 9.90 Å². The van der Waals surface area contributed by atoms with E-state index in [4.69, 9.17) is 10.8 Å². The summed E-state index contributed by atoms with van der Waals surface area (Å²) < 4.78 is 0. The number of nitrogens with zero attached hydrogens (tertiary/aromatic N) is 1. The molecule has 0 bridgehead atoms. The molecule has 0 aromatic heterocycles. The zero-order chi connectivity index (χ0) is 7.72. The zero-order valence-corrected chi connectivity index (χ0v) is 5.59. The summed E-state index contributed by atoms with van der Waals surface area (Å²) in [4.78, 5) is 10.4. The third kappa shape index (κ3) is 0.906. The molecule has 1 aliphatic rings. The van der Waals surface area contributed by atoms with Gasteiger partial charge in [-0.2, -0.15) is 0 Å². The highest BCUT2D eigenvalue weighted by molar-refractivity contribution is 5.88. The molecule has 0 atom stereocenters. The SMILES string of the molecule is CN1NCC(C(=O)O)=C1N. The molecule has 0 aromatic carbocycles. The maximum absolute atomic E-state index is 10.4. The summed E-state index contributed by atoms with van der Waals surface area (Å²) in [7, 11) is 1.67. The Morgan fingerprint density at radius 3 is 2.70 bits per heavy atom. The Morgan fingerprint density at radius 1 is 1.90 bits per heavy atom. The Bertz CT molecular complexity index is 199. The number of hydrogen-bond acceptors (Lipinski definition) is 4. The van der Waals surface area contributed by atoms with Gasteiger partial charge in [-0.05, 0) is 0 Å². The molecule has 5 heteroatoms. The lowest BCUT2D eigenvalue weighted by Crippen LogP contribution is -2.30. The Hall–Kier alpha value is -1.23. The predicted molar refractivity (Wildman–Crippen MR) is 34.6 cm³/mol. The van der Waals surface area contributed by atoms with Gasteiger partial charge in [-0.25, -0.2) is 10.2 Å². The highest BCUT2D eigenvalue weighted by Gasteiger charge is 2.21. The van der Waals surface area contributed by atoms with Crippen LogP contribution in [0.25, 0.3) is 0 Å². The Morgan fingerprint density at radius 2 is 2.50 bits per heavy atom. The molecule has 1 aliphatic heterocycles. The topological polar surface area (TPSA) is 78.6 Å². The van der Waals surface area contributed by atoms with Gasteiger partial charge in [-0.3, -0.25) is 5.01 Å². The van der Waals surface area contributed by atoms with Crippen LogP contribution in [0.4, 0.5) is 0 Å². The number of hydrogen-bond donors (Lipinski definition) is 3.